The van der Waals surface area contributed by atoms with Crippen LogP contribution in [0.15, 0.2) is 18.2 Å². The van der Waals surface area contributed by atoms with Gasteiger partial charge in [-0.1, -0.05) is 17.7 Å². The second-order valence-corrected chi connectivity index (χ2v) is 5.67. The Kier molecular flexibility index (Phi) is 6.41. The van der Waals surface area contributed by atoms with Crippen molar-refractivity contribution >= 4 is 29.9 Å². The van der Waals surface area contributed by atoms with Crippen LogP contribution in [0.2, 0.25) is 5.02 Å². The highest BCUT2D eigenvalue weighted by Crippen LogP contribution is 2.21. The Morgan fingerprint density at radius 1 is 1.62 bits per heavy atom. The summed E-state index contributed by atoms with van der Waals surface area (Å²) in [5.74, 6) is -0.734. The molecule has 1 aromatic carbocycles. The van der Waals surface area contributed by atoms with E-state index in [2.05, 4.69) is 10.6 Å². The molecule has 1 aliphatic rings. The van der Waals surface area contributed by atoms with Gasteiger partial charge in [0.2, 0.25) is 5.91 Å². The van der Waals surface area contributed by atoms with E-state index in [-0.39, 0.29) is 29.9 Å². The van der Waals surface area contributed by atoms with Crippen LogP contribution in [0.1, 0.15) is 31.4 Å². The Bertz CT molecular complexity index is 508. The standard InChI is InChI=1S/C14H18ClFN2O2.ClH/c1-14(5-2-6-18-14)13(20)17-8-12(19)9-3-4-10(15)11(16)7-9;/h3-4,7,12,18-19H,2,5-6,8H2,1H3,(H,17,20);1H. The Morgan fingerprint density at radius 2 is 2.33 bits per heavy atom. The number of hydrogen-bond donors (Lipinski definition) is 3. The molecular weight excluding hydrogens is 318 g/mol. The zero-order chi connectivity index (χ0) is 14.8. The van der Waals surface area contributed by atoms with Gasteiger partial charge >= 0.3 is 0 Å². The van der Waals surface area contributed by atoms with Gasteiger partial charge in [0.15, 0.2) is 0 Å². The molecule has 0 radical (unpaired) electrons. The molecule has 0 aliphatic carbocycles. The van der Waals surface area contributed by atoms with Crippen molar-refractivity contribution in [2.24, 2.45) is 0 Å². The van der Waals surface area contributed by atoms with E-state index in [4.69, 9.17) is 11.6 Å². The minimum absolute atomic E-state index is 0. The van der Waals surface area contributed by atoms with Crippen molar-refractivity contribution in [1.82, 2.24) is 10.6 Å². The molecule has 21 heavy (non-hydrogen) atoms. The lowest BCUT2D eigenvalue weighted by Crippen LogP contribution is -2.51. The van der Waals surface area contributed by atoms with Gasteiger partial charge in [0.1, 0.15) is 5.82 Å². The Labute approximate surface area is 134 Å². The summed E-state index contributed by atoms with van der Waals surface area (Å²) in [6, 6.07) is 4.10. The smallest absolute Gasteiger partial charge is 0.240 e. The summed E-state index contributed by atoms with van der Waals surface area (Å²) in [4.78, 5) is 12.0. The average Bonchev–Trinajstić information content (AvgIpc) is 2.87. The van der Waals surface area contributed by atoms with E-state index >= 15 is 0 Å². The molecule has 0 bridgehead atoms. The lowest BCUT2D eigenvalue weighted by atomic mass is 9.99. The van der Waals surface area contributed by atoms with Gasteiger partial charge in [-0.05, 0) is 44.0 Å². The normalized spacial score (nSPS) is 22.5. The average molecular weight is 337 g/mol. The number of rotatable bonds is 4. The molecule has 4 nitrogen and oxygen atoms in total. The quantitative estimate of drug-likeness (QED) is 0.789. The van der Waals surface area contributed by atoms with Crippen LogP contribution in [-0.2, 0) is 4.79 Å². The second kappa shape index (κ2) is 7.40. The number of amides is 1. The van der Waals surface area contributed by atoms with Gasteiger partial charge in [-0.25, -0.2) is 4.39 Å². The minimum Gasteiger partial charge on any atom is -0.387 e. The number of carbonyl (C=O) groups excluding carboxylic acids is 1. The number of hydrogen-bond acceptors (Lipinski definition) is 3. The van der Waals surface area contributed by atoms with Gasteiger partial charge in [0, 0.05) is 6.54 Å². The van der Waals surface area contributed by atoms with Gasteiger partial charge in [-0.3, -0.25) is 4.79 Å². The Morgan fingerprint density at radius 3 is 2.90 bits per heavy atom. The van der Waals surface area contributed by atoms with E-state index in [9.17, 15) is 14.3 Å². The number of aliphatic hydroxyl groups excluding tert-OH is 1. The molecule has 118 valence electrons. The first kappa shape index (κ1) is 18.2. The van der Waals surface area contributed by atoms with Crippen LogP contribution in [0.3, 0.4) is 0 Å². The van der Waals surface area contributed by atoms with E-state index in [1.807, 2.05) is 6.92 Å². The monoisotopic (exact) mass is 336 g/mol. The number of aliphatic hydroxyl groups is 1. The van der Waals surface area contributed by atoms with Gasteiger partial charge in [-0.15, -0.1) is 12.4 Å². The molecule has 2 rings (SSSR count). The molecule has 2 atom stereocenters. The van der Waals surface area contributed by atoms with Crippen LogP contribution in [0, 0.1) is 5.82 Å². The molecule has 1 amide bonds. The number of nitrogens with one attached hydrogen (secondary N) is 2. The van der Waals surface area contributed by atoms with E-state index in [0.29, 0.717) is 5.56 Å². The van der Waals surface area contributed by atoms with Crippen LogP contribution in [-0.4, -0.2) is 29.6 Å². The summed E-state index contributed by atoms with van der Waals surface area (Å²) in [6.45, 7) is 2.69. The highest BCUT2D eigenvalue weighted by atomic mass is 35.5. The van der Waals surface area contributed by atoms with E-state index in [1.54, 1.807) is 0 Å². The molecule has 1 fully saturated rings. The Hall–Kier alpha value is -0.880. The number of carbonyl (C=O) groups is 1. The summed E-state index contributed by atoms with van der Waals surface area (Å²) in [5.41, 5.74) is -0.193. The van der Waals surface area contributed by atoms with Gasteiger partial charge in [0.05, 0.1) is 16.7 Å². The first-order valence-electron chi connectivity index (χ1n) is 6.59. The van der Waals surface area contributed by atoms with Crippen molar-refractivity contribution < 1.29 is 14.3 Å². The van der Waals surface area contributed by atoms with Crippen molar-refractivity contribution in [3.8, 4) is 0 Å². The van der Waals surface area contributed by atoms with Crippen LogP contribution in [0.4, 0.5) is 4.39 Å². The van der Waals surface area contributed by atoms with E-state index in [0.717, 1.165) is 19.4 Å². The molecular formula is C14H19Cl2FN2O2. The van der Waals surface area contributed by atoms with Crippen LogP contribution >= 0.6 is 24.0 Å². The third-order valence-electron chi connectivity index (χ3n) is 3.65. The lowest BCUT2D eigenvalue weighted by Gasteiger charge is -2.24. The van der Waals surface area contributed by atoms with Crippen molar-refractivity contribution in [2.75, 3.05) is 13.1 Å². The minimum atomic E-state index is -0.962. The topological polar surface area (TPSA) is 61.4 Å². The highest BCUT2D eigenvalue weighted by molar-refractivity contribution is 6.30. The number of benzene rings is 1. The summed E-state index contributed by atoms with van der Waals surface area (Å²) in [7, 11) is 0. The van der Waals surface area contributed by atoms with Crippen LogP contribution in [0.25, 0.3) is 0 Å². The van der Waals surface area contributed by atoms with Crippen molar-refractivity contribution in [2.45, 2.75) is 31.4 Å². The van der Waals surface area contributed by atoms with Gasteiger partial charge in [-0.2, -0.15) is 0 Å². The van der Waals surface area contributed by atoms with E-state index in [1.165, 1.54) is 18.2 Å². The summed E-state index contributed by atoms with van der Waals surface area (Å²) in [5, 5.41) is 15.8. The predicted octanol–water partition coefficient (Wildman–Crippen LogP) is 2.19. The zero-order valence-electron chi connectivity index (χ0n) is 11.7. The van der Waals surface area contributed by atoms with Crippen LogP contribution < -0.4 is 10.6 Å². The van der Waals surface area contributed by atoms with E-state index < -0.39 is 17.5 Å². The van der Waals surface area contributed by atoms with Crippen molar-refractivity contribution in [1.29, 1.82) is 0 Å². The predicted molar refractivity (Wildman–Crippen MR) is 82.3 cm³/mol. The second-order valence-electron chi connectivity index (χ2n) is 5.26. The highest BCUT2D eigenvalue weighted by Gasteiger charge is 2.35. The maximum absolute atomic E-state index is 13.3. The van der Waals surface area contributed by atoms with Crippen molar-refractivity contribution in [3.63, 3.8) is 0 Å². The van der Waals surface area contributed by atoms with Crippen molar-refractivity contribution in [3.05, 3.63) is 34.6 Å². The fourth-order valence-electron chi connectivity index (χ4n) is 2.31. The molecule has 2 unspecified atom stereocenters. The lowest BCUT2D eigenvalue weighted by molar-refractivity contribution is -0.127. The molecule has 1 aliphatic heterocycles. The molecule has 0 aromatic heterocycles. The Balaban J connectivity index is 0.00000220. The summed E-state index contributed by atoms with van der Waals surface area (Å²) < 4.78 is 13.3. The molecule has 0 saturated carbocycles. The van der Waals surface area contributed by atoms with Crippen LogP contribution in [0.5, 0.6) is 0 Å². The largest absolute Gasteiger partial charge is 0.387 e. The zero-order valence-corrected chi connectivity index (χ0v) is 13.2. The first-order valence-corrected chi connectivity index (χ1v) is 6.96. The molecule has 1 saturated heterocycles. The third kappa shape index (κ3) is 4.30. The molecule has 1 aromatic rings. The first-order chi connectivity index (χ1) is 9.42. The number of halogens is 3. The fraction of sp³-hybridized carbons (Fsp3) is 0.500. The molecule has 0 spiro atoms. The SMILES string of the molecule is CC1(C(=O)NCC(O)c2ccc(Cl)c(F)c2)CCCN1.Cl. The molecule has 1 heterocycles. The summed E-state index contributed by atoms with van der Waals surface area (Å²) >= 11 is 5.58. The van der Waals surface area contributed by atoms with Gasteiger partial charge in [0.25, 0.3) is 0 Å². The molecule has 7 heteroatoms. The maximum atomic E-state index is 13.3. The van der Waals surface area contributed by atoms with Gasteiger partial charge < -0.3 is 15.7 Å². The maximum Gasteiger partial charge on any atom is 0.240 e. The fourth-order valence-corrected chi connectivity index (χ4v) is 2.43. The third-order valence-corrected chi connectivity index (χ3v) is 3.96. The molecule has 3 N–H and O–H groups in total. The summed E-state index contributed by atoms with van der Waals surface area (Å²) in [6.07, 6.45) is 0.759.